The fraction of sp³-hybridized carbons (Fsp3) is 0.800. The van der Waals surface area contributed by atoms with Crippen LogP contribution in [0.5, 0.6) is 0 Å². The van der Waals surface area contributed by atoms with Crippen molar-refractivity contribution < 1.29 is 13.2 Å². The van der Waals surface area contributed by atoms with Gasteiger partial charge in [-0.15, -0.1) is 0 Å². The summed E-state index contributed by atoms with van der Waals surface area (Å²) < 4.78 is 23.7. The van der Waals surface area contributed by atoms with Crippen LogP contribution in [0.4, 0.5) is 0 Å². The summed E-state index contributed by atoms with van der Waals surface area (Å²) in [6.07, 6.45) is 2.78. The van der Waals surface area contributed by atoms with Gasteiger partial charge in [0, 0.05) is 37.6 Å². The summed E-state index contributed by atoms with van der Waals surface area (Å²) in [4.78, 5) is 11.4. The smallest absolute Gasteiger partial charge is 0.220 e. The van der Waals surface area contributed by atoms with Crippen LogP contribution >= 0.6 is 0 Å². The first-order chi connectivity index (χ1) is 9.68. The molecule has 0 amide bonds. The van der Waals surface area contributed by atoms with E-state index in [4.69, 9.17) is 0 Å². The van der Waals surface area contributed by atoms with Crippen molar-refractivity contribution in [2.24, 2.45) is 21.0 Å². The molecule has 1 aliphatic heterocycles. The Labute approximate surface area is 134 Å². The lowest BCUT2D eigenvalue weighted by atomic mass is 9.89. The highest BCUT2D eigenvalue weighted by Crippen LogP contribution is 2.20. The maximum atomic E-state index is 11.4. The molecule has 0 aromatic heterocycles. The van der Waals surface area contributed by atoms with Crippen LogP contribution in [-0.2, 0) is 14.8 Å². The molecule has 6 nitrogen and oxygen atoms in total. The van der Waals surface area contributed by atoms with Gasteiger partial charge in [0.25, 0.3) is 0 Å². The van der Waals surface area contributed by atoms with Gasteiger partial charge in [-0.05, 0) is 0 Å². The predicted octanol–water partition coefficient (Wildman–Crippen LogP) is 2.36. The largest absolute Gasteiger partial charge is 0.298 e. The number of Topliss-reactive ketones (excluding diaryl/α,β-unsaturated/α-hetero) is 1. The van der Waals surface area contributed by atoms with Gasteiger partial charge < -0.3 is 0 Å². The van der Waals surface area contributed by atoms with Crippen LogP contribution in [0.2, 0.25) is 0 Å². The monoisotopic (exact) mass is 331 g/mol. The molecule has 0 bridgehead atoms. The minimum atomic E-state index is -3.40. The molecule has 0 atom stereocenters. The second-order valence-corrected chi connectivity index (χ2v) is 9.69. The van der Waals surface area contributed by atoms with E-state index in [1.165, 1.54) is 19.8 Å². The first kappa shape index (κ1) is 20.9. The van der Waals surface area contributed by atoms with Crippen LogP contribution in [0.3, 0.4) is 0 Å². The molecule has 0 aliphatic carbocycles. The molecule has 1 rings (SSSR count). The molecule has 0 radical (unpaired) electrons. The number of carbonyl (C=O) groups excluding carboxylic acids is 1. The highest BCUT2D eigenvalue weighted by Gasteiger charge is 2.27. The van der Waals surface area contributed by atoms with Gasteiger partial charge in [-0.25, -0.2) is 12.7 Å². The van der Waals surface area contributed by atoms with Crippen molar-refractivity contribution in [3.63, 3.8) is 0 Å². The molecule has 1 heterocycles. The van der Waals surface area contributed by atoms with Crippen LogP contribution < -0.4 is 0 Å². The van der Waals surface area contributed by atoms with E-state index in [0.29, 0.717) is 0 Å². The van der Waals surface area contributed by atoms with E-state index in [1.54, 1.807) is 20.8 Å². The fourth-order valence-corrected chi connectivity index (χ4v) is 2.27. The van der Waals surface area contributed by atoms with Crippen LogP contribution in [0.1, 0.15) is 48.0 Å². The number of hydrogen-bond acceptors (Lipinski definition) is 5. The molecule has 7 heteroatoms. The van der Waals surface area contributed by atoms with E-state index >= 15 is 0 Å². The lowest BCUT2D eigenvalue weighted by molar-refractivity contribution is -0.123. The Morgan fingerprint density at radius 2 is 1.68 bits per heavy atom. The zero-order valence-electron chi connectivity index (χ0n) is 15.0. The summed E-state index contributed by atoms with van der Waals surface area (Å²) in [5, 5.41) is 7.79. The van der Waals surface area contributed by atoms with Crippen LogP contribution in [0.15, 0.2) is 10.2 Å². The van der Waals surface area contributed by atoms with Crippen LogP contribution in [0.25, 0.3) is 0 Å². The van der Waals surface area contributed by atoms with E-state index in [0.717, 1.165) is 10.7 Å². The minimum absolute atomic E-state index is 0.205. The average Bonchev–Trinajstić information content (AvgIpc) is 2.80. The molecule has 0 unspecified atom stereocenters. The maximum Gasteiger partial charge on any atom is 0.220 e. The zero-order valence-corrected chi connectivity index (χ0v) is 15.8. The average molecular weight is 331 g/mol. The van der Waals surface area contributed by atoms with Gasteiger partial charge in [-0.2, -0.15) is 10.2 Å². The number of hydrogen-bond donors (Lipinski definition) is 0. The number of carbonyl (C=O) groups is 1. The highest BCUT2D eigenvalue weighted by molar-refractivity contribution is 7.89. The summed E-state index contributed by atoms with van der Waals surface area (Å²) in [5.41, 5.74) is 0.794. The van der Waals surface area contributed by atoms with Gasteiger partial charge in [0.1, 0.15) is 5.75 Å². The number of sulfonamides is 1. The van der Waals surface area contributed by atoms with Crippen LogP contribution in [0, 0.1) is 10.8 Å². The van der Waals surface area contributed by atoms with Gasteiger partial charge >= 0.3 is 0 Å². The Morgan fingerprint density at radius 3 is 1.91 bits per heavy atom. The quantitative estimate of drug-likeness (QED) is 0.796. The Kier molecular flexibility index (Phi) is 7.09. The molecular formula is C15H29N3O3S. The Hall–Kier alpha value is -1.08. The topological polar surface area (TPSA) is 79.2 Å². The second-order valence-electron chi connectivity index (χ2n) is 7.51. The summed E-state index contributed by atoms with van der Waals surface area (Å²) in [5.74, 6) is -0.676. The summed E-state index contributed by atoms with van der Waals surface area (Å²) in [6.45, 7) is 11.6. The lowest BCUT2D eigenvalue weighted by Crippen LogP contribution is -2.34. The molecule has 0 aromatic rings. The molecular weight excluding hydrogens is 302 g/mol. The summed E-state index contributed by atoms with van der Waals surface area (Å²) in [6, 6.07) is 0. The first-order valence-corrected chi connectivity index (χ1v) is 8.81. The maximum absolute atomic E-state index is 11.4. The third-order valence-corrected chi connectivity index (χ3v) is 4.86. The van der Waals surface area contributed by atoms with Crippen molar-refractivity contribution in [2.75, 3.05) is 19.8 Å². The molecule has 22 heavy (non-hydrogen) atoms. The standard InChI is InChI=1S/C8H17NO3S.C7H12N2/c1-8(2,3)7(10)6-13(11,12)9(4)5;1-7(2,3)6-4-5-8-9-6/h6H2,1-5H3;5H,4H2,1-3H3. The molecule has 1 aliphatic rings. The molecule has 0 spiro atoms. The lowest BCUT2D eigenvalue weighted by Gasteiger charge is -2.18. The second kappa shape index (κ2) is 7.46. The number of ketones is 1. The third-order valence-electron chi connectivity index (χ3n) is 3.12. The van der Waals surface area contributed by atoms with E-state index < -0.39 is 21.2 Å². The van der Waals surface area contributed by atoms with Crippen molar-refractivity contribution in [3.8, 4) is 0 Å². The highest BCUT2D eigenvalue weighted by atomic mass is 32.2. The van der Waals surface area contributed by atoms with Crippen molar-refractivity contribution in [2.45, 2.75) is 48.0 Å². The molecule has 0 N–H and O–H groups in total. The zero-order chi connectivity index (χ0) is 17.8. The Bertz CT molecular complexity index is 548. The van der Waals surface area contributed by atoms with Crippen molar-refractivity contribution in [3.05, 3.63) is 0 Å². The van der Waals surface area contributed by atoms with Gasteiger partial charge in [0.15, 0.2) is 5.78 Å². The summed E-state index contributed by atoms with van der Waals surface area (Å²) >= 11 is 0. The van der Waals surface area contributed by atoms with Crippen molar-refractivity contribution in [1.82, 2.24) is 4.31 Å². The fourth-order valence-electron chi connectivity index (χ4n) is 1.25. The van der Waals surface area contributed by atoms with Crippen LogP contribution in [-0.4, -0.2) is 50.3 Å². The number of rotatable bonds is 3. The molecule has 0 saturated carbocycles. The SMILES string of the molecule is CC(C)(C)C1=NN=CC1.CN(C)S(=O)(=O)CC(=O)C(C)(C)C. The Balaban J connectivity index is 0.000000425. The van der Waals surface area contributed by atoms with Gasteiger partial charge in [0.2, 0.25) is 10.0 Å². The molecule has 0 fully saturated rings. The predicted molar refractivity (Wildman–Crippen MR) is 91.9 cm³/mol. The molecule has 0 saturated heterocycles. The number of nitrogens with zero attached hydrogens (tertiary/aromatic N) is 3. The van der Waals surface area contributed by atoms with Crippen molar-refractivity contribution >= 4 is 27.7 Å². The van der Waals surface area contributed by atoms with E-state index in [-0.39, 0.29) is 11.2 Å². The minimum Gasteiger partial charge on any atom is -0.298 e. The Morgan fingerprint density at radius 1 is 1.18 bits per heavy atom. The van der Waals surface area contributed by atoms with E-state index in [9.17, 15) is 13.2 Å². The normalized spacial score (nSPS) is 15.4. The van der Waals surface area contributed by atoms with E-state index in [2.05, 4.69) is 31.0 Å². The van der Waals surface area contributed by atoms with Gasteiger partial charge in [-0.1, -0.05) is 41.5 Å². The third kappa shape index (κ3) is 7.26. The first-order valence-electron chi connectivity index (χ1n) is 7.20. The molecule has 0 aromatic carbocycles. The van der Waals surface area contributed by atoms with E-state index in [1.807, 2.05) is 6.21 Å². The molecule has 128 valence electrons. The van der Waals surface area contributed by atoms with Crippen molar-refractivity contribution in [1.29, 1.82) is 0 Å². The summed E-state index contributed by atoms with van der Waals surface area (Å²) in [7, 11) is -0.553. The van der Waals surface area contributed by atoms with Gasteiger partial charge in [-0.3, -0.25) is 4.79 Å². The van der Waals surface area contributed by atoms with Gasteiger partial charge in [0.05, 0.1) is 5.71 Å².